The van der Waals surface area contributed by atoms with Gasteiger partial charge >= 0.3 is 0 Å². The van der Waals surface area contributed by atoms with Crippen molar-refractivity contribution in [3.63, 3.8) is 0 Å². The summed E-state index contributed by atoms with van der Waals surface area (Å²) < 4.78 is 0. The second-order valence-electron chi connectivity index (χ2n) is 2.60. The first-order valence-corrected chi connectivity index (χ1v) is 3.60. The fraction of sp³-hybridized carbons (Fsp3) is 0.875. The highest BCUT2D eigenvalue weighted by atomic mass is 14.0. The third-order valence-corrected chi connectivity index (χ3v) is 1.30. The van der Waals surface area contributed by atoms with Gasteiger partial charge in [0.2, 0.25) is 0 Å². The van der Waals surface area contributed by atoms with E-state index in [4.69, 9.17) is 0 Å². The molecule has 0 aromatic rings. The lowest BCUT2D eigenvalue weighted by Crippen LogP contribution is -1.85. The van der Waals surface area contributed by atoms with Gasteiger partial charge in [-0.05, 0) is 5.92 Å². The average molecular weight is 113 g/mol. The molecule has 0 amide bonds. The molecular weight excluding hydrogens is 96.1 g/mol. The first-order chi connectivity index (χ1) is 3.77. The summed E-state index contributed by atoms with van der Waals surface area (Å²) in [7, 11) is 0. The third-order valence-electron chi connectivity index (χ3n) is 1.30. The van der Waals surface area contributed by atoms with E-state index in [9.17, 15) is 0 Å². The van der Waals surface area contributed by atoms with E-state index in [1.165, 1.54) is 25.7 Å². The summed E-state index contributed by atoms with van der Waals surface area (Å²) in [5.74, 6) is 0.654. The van der Waals surface area contributed by atoms with E-state index in [2.05, 4.69) is 20.8 Å². The Balaban J connectivity index is 2.72. The van der Waals surface area contributed by atoms with E-state index in [0.29, 0.717) is 5.92 Å². The molecule has 0 rings (SSSR count). The Bertz CT molecular complexity index is 37.3. The molecule has 1 radical (unpaired) electrons. The first kappa shape index (κ1) is 8.00. The Morgan fingerprint density at radius 2 is 2.00 bits per heavy atom. The quantitative estimate of drug-likeness (QED) is 0.491. The summed E-state index contributed by atoms with van der Waals surface area (Å²) >= 11 is 0. The van der Waals surface area contributed by atoms with E-state index in [-0.39, 0.29) is 0 Å². The molecule has 0 fully saturated rings. The van der Waals surface area contributed by atoms with Crippen LogP contribution in [-0.4, -0.2) is 0 Å². The molecule has 0 spiro atoms. The standard InChI is InChI=1S/C8H17/c1-4-5-6-7-8(2)3/h8H,2,4-7H2,1,3H3/t8-/m0/s1. The summed E-state index contributed by atoms with van der Waals surface area (Å²) in [5, 5.41) is 0. The van der Waals surface area contributed by atoms with E-state index in [1.807, 2.05) is 0 Å². The van der Waals surface area contributed by atoms with Gasteiger partial charge in [0.25, 0.3) is 0 Å². The zero-order valence-corrected chi connectivity index (χ0v) is 6.11. The fourth-order valence-corrected chi connectivity index (χ4v) is 0.743. The highest BCUT2D eigenvalue weighted by molar-refractivity contribution is 4.52. The maximum Gasteiger partial charge on any atom is -0.0443 e. The van der Waals surface area contributed by atoms with Gasteiger partial charge in [-0.2, -0.15) is 0 Å². The Hall–Kier alpha value is 0. The van der Waals surface area contributed by atoms with Crippen LogP contribution in [0.25, 0.3) is 0 Å². The number of rotatable bonds is 4. The maximum atomic E-state index is 3.91. The molecule has 0 aliphatic carbocycles. The molecule has 0 heteroatoms. The lowest BCUT2D eigenvalue weighted by molar-refractivity contribution is 0.573. The zero-order valence-electron chi connectivity index (χ0n) is 6.11. The summed E-state index contributed by atoms with van der Waals surface area (Å²) in [6.07, 6.45) is 5.36. The van der Waals surface area contributed by atoms with Crippen LogP contribution in [0.1, 0.15) is 39.5 Å². The van der Waals surface area contributed by atoms with E-state index >= 15 is 0 Å². The molecule has 0 N–H and O–H groups in total. The van der Waals surface area contributed by atoms with Crippen LogP contribution in [0, 0.1) is 12.8 Å². The van der Waals surface area contributed by atoms with Crippen molar-refractivity contribution in [3.05, 3.63) is 6.92 Å². The number of hydrogen-bond donors (Lipinski definition) is 0. The SMILES string of the molecule is [CH2][C@@H](C)CCCCC. The summed E-state index contributed by atoms with van der Waals surface area (Å²) in [5.41, 5.74) is 0. The lowest BCUT2D eigenvalue weighted by atomic mass is 10.1. The van der Waals surface area contributed by atoms with Crippen molar-refractivity contribution >= 4 is 0 Å². The van der Waals surface area contributed by atoms with Crippen LogP contribution in [0.15, 0.2) is 0 Å². The van der Waals surface area contributed by atoms with Gasteiger partial charge in [-0.15, -0.1) is 0 Å². The van der Waals surface area contributed by atoms with Gasteiger partial charge in [-0.1, -0.05) is 46.5 Å². The molecule has 1 atom stereocenters. The topological polar surface area (TPSA) is 0 Å². The largest absolute Gasteiger partial charge is 0.0654 e. The van der Waals surface area contributed by atoms with Gasteiger partial charge in [-0.3, -0.25) is 0 Å². The van der Waals surface area contributed by atoms with Gasteiger partial charge in [0, 0.05) is 0 Å². The van der Waals surface area contributed by atoms with Crippen molar-refractivity contribution in [2.24, 2.45) is 5.92 Å². The lowest BCUT2D eigenvalue weighted by Gasteiger charge is -2.00. The van der Waals surface area contributed by atoms with Crippen LogP contribution >= 0.6 is 0 Å². The molecule has 0 aromatic carbocycles. The van der Waals surface area contributed by atoms with E-state index in [0.717, 1.165) is 0 Å². The first-order valence-electron chi connectivity index (χ1n) is 3.60. The average Bonchev–Trinajstić information content (AvgIpc) is 1.66. The third kappa shape index (κ3) is 6.00. The van der Waals surface area contributed by atoms with Gasteiger partial charge in [-0.25, -0.2) is 0 Å². The van der Waals surface area contributed by atoms with Crippen molar-refractivity contribution in [2.75, 3.05) is 0 Å². The van der Waals surface area contributed by atoms with Gasteiger partial charge in [0.05, 0.1) is 0 Å². The van der Waals surface area contributed by atoms with Crippen molar-refractivity contribution in [1.29, 1.82) is 0 Å². The monoisotopic (exact) mass is 113 g/mol. The minimum atomic E-state index is 0.654. The zero-order chi connectivity index (χ0) is 6.41. The van der Waals surface area contributed by atoms with Crippen molar-refractivity contribution in [3.8, 4) is 0 Å². The van der Waals surface area contributed by atoms with Gasteiger partial charge < -0.3 is 0 Å². The maximum absolute atomic E-state index is 3.91. The van der Waals surface area contributed by atoms with Crippen molar-refractivity contribution < 1.29 is 0 Å². The molecule has 8 heavy (non-hydrogen) atoms. The molecule has 0 saturated carbocycles. The molecule has 0 aliphatic rings. The summed E-state index contributed by atoms with van der Waals surface area (Å²) in [6.45, 7) is 8.32. The predicted molar refractivity (Wildman–Crippen MR) is 38.7 cm³/mol. The molecule has 0 aromatic heterocycles. The molecular formula is C8H17. The number of unbranched alkanes of at least 4 members (excludes halogenated alkanes) is 2. The van der Waals surface area contributed by atoms with Crippen molar-refractivity contribution in [2.45, 2.75) is 39.5 Å². The second-order valence-corrected chi connectivity index (χ2v) is 2.60. The Labute approximate surface area is 53.3 Å². The van der Waals surface area contributed by atoms with Gasteiger partial charge in [0.1, 0.15) is 0 Å². The number of hydrogen-bond acceptors (Lipinski definition) is 0. The summed E-state index contributed by atoms with van der Waals surface area (Å²) in [4.78, 5) is 0. The van der Waals surface area contributed by atoms with Gasteiger partial charge in [0.15, 0.2) is 0 Å². The Kier molecular flexibility index (Phi) is 5.14. The molecule has 0 heterocycles. The minimum Gasteiger partial charge on any atom is -0.0654 e. The second kappa shape index (κ2) is 5.14. The molecule has 0 bridgehead atoms. The smallest absolute Gasteiger partial charge is 0.0443 e. The van der Waals surface area contributed by atoms with Crippen LogP contribution in [0.2, 0.25) is 0 Å². The molecule has 0 aliphatic heterocycles. The van der Waals surface area contributed by atoms with Crippen LogP contribution in [0.3, 0.4) is 0 Å². The van der Waals surface area contributed by atoms with Crippen LogP contribution < -0.4 is 0 Å². The van der Waals surface area contributed by atoms with Crippen LogP contribution in [-0.2, 0) is 0 Å². The van der Waals surface area contributed by atoms with E-state index < -0.39 is 0 Å². The molecule has 49 valence electrons. The molecule has 0 unspecified atom stereocenters. The summed E-state index contributed by atoms with van der Waals surface area (Å²) in [6, 6.07) is 0. The highest BCUT2D eigenvalue weighted by Gasteiger charge is 1.90. The highest BCUT2D eigenvalue weighted by Crippen LogP contribution is 2.06. The minimum absolute atomic E-state index is 0.654. The van der Waals surface area contributed by atoms with E-state index in [1.54, 1.807) is 0 Å². The predicted octanol–water partition coefficient (Wildman–Crippen LogP) is 3.04. The van der Waals surface area contributed by atoms with Crippen LogP contribution in [0.4, 0.5) is 0 Å². The Morgan fingerprint density at radius 3 is 2.38 bits per heavy atom. The molecule has 0 saturated heterocycles. The van der Waals surface area contributed by atoms with Crippen LogP contribution in [0.5, 0.6) is 0 Å². The fourth-order valence-electron chi connectivity index (χ4n) is 0.743. The molecule has 0 nitrogen and oxygen atoms in total. The van der Waals surface area contributed by atoms with Crippen molar-refractivity contribution in [1.82, 2.24) is 0 Å². The Morgan fingerprint density at radius 1 is 1.38 bits per heavy atom. The normalized spacial score (nSPS) is 10.5.